The summed E-state index contributed by atoms with van der Waals surface area (Å²) in [6.45, 7) is 3.12. The molecule has 0 radical (unpaired) electrons. The number of aromatic amines is 1. The van der Waals surface area contributed by atoms with Crippen molar-refractivity contribution in [1.29, 1.82) is 0 Å². The molecule has 7 heteroatoms. The van der Waals surface area contributed by atoms with Crippen molar-refractivity contribution in [3.8, 4) is 0 Å². The molecule has 0 aliphatic carbocycles. The Morgan fingerprint density at radius 1 is 1.05 bits per heavy atom. The minimum absolute atomic E-state index is 0.00691. The zero-order valence-electron chi connectivity index (χ0n) is 21.6. The van der Waals surface area contributed by atoms with Crippen LogP contribution < -0.4 is 10.6 Å². The van der Waals surface area contributed by atoms with Crippen molar-refractivity contribution in [3.05, 3.63) is 84.1 Å². The van der Waals surface area contributed by atoms with Crippen molar-refractivity contribution in [2.45, 2.75) is 50.0 Å². The van der Waals surface area contributed by atoms with Crippen LogP contribution in [-0.4, -0.2) is 71.4 Å². The van der Waals surface area contributed by atoms with E-state index in [2.05, 4.69) is 75.1 Å². The van der Waals surface area contributed by atoms with E-state index in [-0.39, 0.29) is 36.8 Å². The average molecular weight is 513 g/mol. The van der Waals surface area contributed by atoms with E-state index in [0.29, 0.717) is 19.5 Å². The summed E-state index contributed by atoms with van der Waals surface area (Å²) in [4.78, 5) is 18.8. The van der Waals surface area contributed by atoms with Gasteiger partial charge in [-0.25, -0.2) is 0 Å². The highest BCUT2D eigenvalue weighted by Crippen LogP contribution is 2.33. The molecule has 2 fully saturated rings. The van der Waals surface area contributed by atoms with E-state index in [9.17, 15) is 9.90 Å². The molecule has 1 aromatic heterocycles. The molecule has 0 bridgehead atoms. The van der Waals surface area contributed by atoms with Gasteiger partial charge in [-0.1, -0.05) is 54.6 Å². The summed E-state index contributed by atoms with van der Waals surface area (Å²) in [6.07, 6.45) is 4.46. The number of fused-ring (bicyclic) bond motifs is 2. The summed E-state index contributed by atoms with van der Waals surface area (Å²) >= 11 is 0. The van der Waals surface area contributed by atoms with Crippen LogP contribution in [0.1, 0.15) is 24.0 Å². The number of piperidine rings is 1. The Morgan fingerprint density at radius 2 is 1.84 bits per heavy atom. The lowest BCUT2D eigenvalue weighted by atomic mass is 10.1. The molecule has 4 atom stereocenters. The average Bonchev–Trinajstić information content (AvgIpc) is 3.49. The molecular formula is C31H36N4O3. The van der Waals surface area contributed by atoms with Crippen molar-refractivity contribution in [3.63, 3.8) is 0 Å². The molecule has 4 aromatic rings. The topological polar surface area (TPSA) is 89.4 Å². The molecule has 0 spiro atoms. The zero-order valence-corrected chi connectivity index (χ0v) is 21.6. The molecule has 3 aromatic carbocycles. The third kappa shape index (κ3) is 5.47. The van der Waals surface area contributed by atoms with E-state index in [1.54, 1.807) is 0 Å². The predicted octanol–water partition coefficient (Wildman–Crippen LogP) is 3.36. The number of hydrogen-bond acceptors (Lipinski definition) is 6. The monoisotopic (exact) mass is 512 g/mol. The van der Waals surface area contributed by atoms with Crippen LogP contribution in [0.2, 0.25) is 0 Å². The van der Waals surface area contributed by atoms with Crippen LogP contribution in [0.15, 0.2) is 72.9 Å². The Kier molecular flexibility index (Phi) is 7.42. The van der Waals surface area contributed by atoms with Gasteiger partial charge in [-0.15, -0.1) is 0 Å². The zero-order chi connectivity index (χ0) is 25.9. The molecule has 2 aliphatic rings. The van der Waals surface area contributed by atoms with Gasteiger partial charge in [0.15, 0.2) is 0 Å². The van der Waals surface area contributed by atoms with Crippen LogP contribution >= 0.6 is 0 Å². The van der Waals surface area contributed by atoms with Crippen LogP contribution in [0.5, 0.6) is 0 Å². The van der Waals surface area contributed by atoms with Crippen molar-refractivity contribution < 1.29 is 14.6 Å². The number of esters is 1. The van der Waals surface area contributed by atoms with Crippen LogP contribution in [0.3, 0.4) is 0 Å². The second-order valence-corrected chi connectivity index (χ2v) is 10.6. The fourth-order valence-corrected chi connectivity index (χ4v) is 5.82. The largest absolute Gasteiger partial charge is 0.461 e. The van der Waals surface area contributed by atoms with Crippen LogP contribution in [0, 0.1) is 0 Å². The number of rotatable bonds is 10. The first kappa shape index (κ1) is 25.1. The van der Waals surface area contributed by atoms with Crippen LogP contribution in [0.25, 0.3) is 21.7 Å². The molecule has 0 saturated carbocycles. The highest BCUT2D eigenvalue weighted by atomic mass is 16.5. The van der Waals surface area contributed by atoms with Gasteiger partial charge in [-0.05, 0) is 66.4 Å². The number of aromatic nitrogens is 1. The maximum absolute atomic E-state index is 13.2. The standard InChI is InChI=1S/C31H36N4O3/c36-20-25(16-24-17-34-28-8-4-3-7-27(24)28)33-18-29-30(31(37)38-26-11-13-32-14-12-26)35(29)19-21-9-10-22-5-1-2-6-23(22)15-21/h1-10,15,17,25-26,29-30,32-34,36H,11-14,16,18-20H2. The summed E-state index contributed by atoms with van der Waals surface area (Å²) in [6, 6.07) is 22.7. The number of nitrogens with zero attached hydrogens (tertiary/aromatic N) is 1. The third-order valence-corrected chi connectivity index (χ3v) is 8.02. The number of carbonyl (C=O) groups is 1. The Hall–Kier alpha value is -3.23. The number of ether oxygens (including phenoxy) is 1. The van der Waals surface area contributed by atoms with Gasteiger partial charge in [-0.3, -0.25) is 9.69 Å². The molecule has 2 aliphatic heterocycles. The molecule has 2 saturated heterocycles. The third-order valence-electron chi connectivity index (χ3n) is 8.02. The predicted molar refractivity (Wildman–Crippen MR) is 150 cm³/mol. The minimum Gasteiger partial charge on any atom is -0.461 e. The van der Waals surface area contributed by atoms with Crippen LogP contribution in [0.4, 0.5) is 0 Å². The molecule has 3 heterocycles. The maximum atomic E-state index is 13.2. The summed E-state index contributed by atoms with van der Waals surface area (Å²) in [7, 11) is 0. The second-order valence-electron chi connectivity index (χ2n) is 10.6. The number of aliphatic hydroxyl groups is 1. The van der Waals surface area contributed by atoms with Gasteiger partial charge in [-0.2, -0.15) is 0 Å². The van der Waals surface area contributed by atoms with E-state index in [4.69, 9.17) is 4.74 Å². The van der Waals surface area contributed by atoms with Gasteiger partial charge in [0, 0.05) is 42.3 Å². The number of carbonyl (C=O) groups excluding carboxylic acids is 1. The quantitative estimate of drug-likeness (QED) is 0.193. The molecular weight excluding hydrogens is 476 g/mol. The highest BCUT2D eigenvalue weighted by Gasteiger charge is 2.53. The number of nitrogens with one attached hydrogen (secondary N) is 3. The Labute approximate surface area is 223 Å². The molecule has 4 N–H and O–H groups in total. The molecule has 7 nitrogen and oxygen atoms in total. The van der Waals surface area contributed by atoms with Crippen molar-refractivity contribution in [1.82, 2.24) is 20.5 Å². The van der Waals surface area contributed by atoms with Crippen molar-refractivity contribution in [2.75, 3.05) is 26.2 Å². The number of aliphatic hydroxyl groups excluding tert-OH is 1. The number of H-pyrrole nitrogens is 1. The first-order valence-electron chi connectivity index (χ1n) is 13.7. The fraction of sp³-hybridized carbons (Fsp3) is 0.387. The van der Waals surface area contributed by atoms with E-state index in [1.807, 2.05) is 18.3 Å². The van der Waals surface area contributed by atoms with Gasteiger partial charge in [0.05, 0.1) is 6.61 Å². The van der Waals surface area contributed by atoms with Gasteiger partial charge in [0.2, 0.25) is 0 Å². The number of benzene rings is 3. The summed E-state index contributed by atoms with van der Waals surface area (Å²) in [5, 5.41) is 20.6. The lowest BCUT2D eigenvalue weighted by Crippen LogP contribution is -2.38. The number of hydrogen-bond donors (Lipinski definition) is 4. The Balaban J connectivity index is 1.14. The number of para-hydroxylation sites is 1. The molecule has 38 heavy (non-hydrogen) atoms. The van der Waals surface area contributed by atoms with Gasteiger partial charge >= 0.3 is 5.97 Å². The van der Waals surface area contributed by atoms with E-state index in [0.717, 1.165) is 31.4 Å². The summed E-state index contributed by atoms with van der Waals surface area (Å²) in [5.74, 6) is -0.123. The highest BCUT2D eigenvalue weighted by molar-refractivity contribution is 5.84. The Bertz CT molecular complexity index is 1400. The smallest absolute Gasteiger partial charge is 0.325 e. The van der Waals surface area contributed by atoms with Crippen molar-refractivity contribution in [2.24, 2.45) is 0 Å². The van der Waals surface area contributed by atoms with Gasteiger partial charge in [0.25, 0.3) is 0 Å². The summed E-state index contributed by atoms with van der Waals surface area (Å²) < 4.78 is 5.95. The normalized spacial score (nSPS) is 22.5. The van der Waals surface area contributed by atoms with Gasteiger partial charge < -0.3 is 25.5 Å². The van der Waals surface area contributed by atoms with Crippen LogP contribution in [-0.2, 0) is 22.5 Å². The molecule has 198 valence electrons. The SMILES string of the molecule is O=C(OC1CCNCC1)C1C(CNC(CO)Cc2c[nH]c3ccccc23)N1Cc1ccc2ccccc2c1. The Morgan fingerprint density at radius 3 is 2.68 bits per heavy atom. The molecule has 6 rings (SSSR count). The van der Waals surface area contributed by atoms with Crippen molar-refractivity contribution >= 4 is 27.6 Å². The fourth-order valence-electron chi connectivity index (χ4n) is 5.82. The summed E-state index contributed by atoms with van der Waals surface area (Å²) in [5.41, 5.74) is 3.46. The first-order valence-corrected chi connectivity index (χ1v) is 13.7. The van der Waals surface area contributed by atoms with E-state index >= 15 is 0 Å². The lowest BCUT2D eigenvalue weighted by Gasteiger charge is -2.22. The van der Waals surface area contributed by atoms with E-state index < -0.39 is 0 Å². The second kappa shape index (κ2) is 11.3. The first-order chi connectivity index (χ1) is 18.7. The van der Waals surface area contributed by atoms with E-state index in [1.165, 1.54) is 27.3 Å². The molecule has 0 amide bonds. The minimum atomic E-state index is -0.267. The lowest BCUT2D eigenvalue weighted by molar-refractivity contribution is -0.150. The maximum Gasteiger partial charge on any atom is 0.325 e. The molecule has 4 unspecified atom stereocenters. The van der Waals surface area contributed by atoms with Gasteiger partial charge in [0.1, 0.15) is 12.1 Å².